The van der Waals surface area contributed by atoms with Crippen molar-refractivity contribution in [2.24, 2.45) is 4.99 Å². The molecule has 2 aromatic rings. The Labute approximate surface area is 104 Å². The summed E-state index contributed by atoms with van der Waals surface area (Å²) in [6, 6.07) is 16.1. The Kier molecular flexibility index (Phi) is 3.52. The van der Waals surface area contributed by atoms with Crippen molar-refractivity contribution < 1.29 is 0 Å². The first-order chi connectivity index (χ1) is 7.77. The summed E-state index contributed by atoms with van der Waals surface area (Å²) < 4.78 is 1.06. The molecule has 2 heteroatoms. The van der Waals surface area contributed by atoms with Crippen molar-refractivity contribution in [2.45, 2.75) is 6.92 Å². The monoisotopic (exact) mass is 273 g/mol. The van der Waals surface area contributed by atoms with Crippen LogP contribution in [0, 0.1) is 6.92 Å². The van der Waals surface area contributed by atoms with Crippen LogP contribution in [-0.2, 0) is 0 Å². The molecule has 0 fully saturated rings. The molecular weight excluding hydrogens is 262 g/mol. The summed E-state index contributed by atoms with van der Waals surface area (Å²) in [5, 5.41) is 0. The topological polar surface area (TPSA) is 12.4 Å². The standard InChI is InChI=1S/C14H12BrN/c1-11-6-2-5-9-14(11)16-10-12-7-3-4-8-13(12)15/h2-10H,1H3. The van der Waals surface area contributed by atoms with E-state index in [0.717, 1.165) is 15.7 Å². The zero-order chi connectivity index (χ0) is 11.4. The number of nitrogens with zero attached hydrogens (tertiary/aromatic N) is 1. The maximum atomic E-state index is 4.48. The van der Waals surface area contributed by atoms with E-state index < -0.39 is 0 Å². The molecule has 0 radical (unpaired) electrons. The lowest BCUT2D eigenvalue weighted by molar-refractivity contribution is 1.40. The fourth-order valence-corrected chi connectivity index (χ4v) is 1.81. The third-order valence-corrected chi connectivity index (χ3v) is 3.09. The minimum atomic E-state index is 1.01. The Morgan fingerprint density at radius 2 is 1.69 bits per heavy atom. The minimum Gasteiger partial charge on any atom is -0.256 e. The van der Waals surface area contributed by atoms with E-state index in [1.165, 1.54) is 5.56 Å². The molecule has 0 aromatic heterocycles. The fourth-order valence-electron chi connectivity index (χ4n) is 1.43. The molecule has 0 aliphatic carbocycles. The van der Waals surface area contributed by atoms with E-state index in [9.17, 15) is 0 Å². The van der Waals surface area contributed by atoms with Crippen LogP contribution in [0.15, 0.2) is 58.0 Å². The van der Waals surface area contributed by atoms with Gasteiger partial charge in [-0.15, -0.1) is 0 Å². The van der Waals surface area contributed by atoms with Crippen molar-refractivity contribution in [3.8, 4) is 0 Å². The van der Waals surface area contributed by atoms with Crippen molar-refractivity contribution in [1.29, 1.82) is 0 Å². The lowest BCUT2D eigenvalue weighted by atomic mass is 10.2. The molecule has 0 aliphatic rings. The maximum Gasteiger partial charge on any atom is 0.0659 e. The third-order valence-electron chi connectivity index (χ3n) is 2.36. The van der Waals surface area contributed by atoms with Gasteiger partial charge in [0.2, 0.25) is 0 Å². The quantitative estimate of drug-likeness (QED) is 0.714. The molecule has 0 saturated heterocycles. The van der Waals surface area contributed by atoms with Gasteiger partial charge in [0, 0.05) is 16.3 Å². The highest BCUT2D eigenvalue weighted by Gasteiger charge is 1.95. The third kappa shape index (κ3) is 2.58. The van der Waals surface area contributed by atoms with Crippen LogP contribution in [0.25, 0.3) is 0 Å². The van der Waals surface area contributed by atoms with E-state index in [4.69, 9.17) is 0 Å². The zero-order valence-corrected chi connectivity index (χ0v) is 10.6. The van der Waals surface area contributed by atoms with Gasteiger partial charge in [-0.3, -0.25) is 4.99 Å². The Hall–Kier alpha value is -1.41. The van der Waals surface area contributed by atoms with Crippen molar-refractivity contribution in [2.75, 3.05) is 0 Å². The lowest BCUT2D eigenvalue weighted by Crippen LogP contribution is -1.82. The second-order valence-electron chi connectivity index (χ2n) is 3.57. The van der Waals surface area contributed by atoms with Crippen LogP contribution in [0.5, 0.6) is 0 Å². The zero-order valence-electron chi connectivity index (χ0n) is 9.02. The number of para-hydroxylation sites is 1. The molecule has 0 unspecified atom stereocenters. The largest absolute Gasteiger partial charge is 0.256 e. The van der Waals surface area contributed by atoms with Crippen LogP contribution >= 0.6 is 15.9 Å². The van der Waals surface area contributed by atoms with Gasteiger partial charge in [0.25, 0.3) is 0 Å². The van der Waals surface area contributed by atoms with E-state index in [0.29, 0.717) is 0 Å². The molecule has 1 nitrogen and oxygen atoms in total. The normalized spacial score (nSPS) is 10.9. The predicted octanol–water partition coefficient (Wildman–Crippen LogP) is 4.51. The molecule has 0 bridgehead atoms. The molecular formula is C14H12BrN. The van der Waals surface area contributed by atoms with E-state index >= 15 is 0 Å². The highest BCUT2D eigenvalue weighted by Crippen LogP contribution is 2.19. The van der Waals surface area contributed by atoms with Crippen LogP contribution in [0.4, 0.5) is 5.69 Å². The summed E-state index contributed by atoms with van der Waals surface area (Å²) in [7, 11) is 0. The summed E-state index contributed by atoms with van der Waals surface area (Å²) in [6.45, 7) is 2.06. The van der Waals surface area contributed by atoms with Crippen molar-refractivity contribution >= 4 is 27.8 Å². The van der Waals surface area contributed by atoms with Crippen molar-refractivity contribution in [3.63, 3.8) is 0 Å². The molecule has 0 atom stereocenters. The maximum absolute atomic E-state index is 4.48. The number of halogens is 1. The Morgan fingerprint density at radius 3 is 2.44 bits per heavy atom. The van der Waals surface area contributed by atoms with Gasteiger partial charge in [0.05, 0.1) is 5.69 Å². The van der Waals surface area contributed by atoms with Crippen molar-refractivity contribution in [1.82, 2.24) is 0 Å². The first-order valence-corrected chi connectivity index (χ1v) is 5.91. The average molecular weight is 274 g/mol. The van der Waals surface area contributed by atoms with Crippen molar-refractivity contribution in [3.05, 3.63) is 64.1 Å². The molecule has 0 saturated carbocycles. The Bertz CT molecular complexity index is 470. The number of rotatable bonds is 2. The molecule has 0 spiro atoms. The predicted molar refractivity (Wildman–Crippen MR) is 72.6 cm³/mol. The lowest BCUT2D eigenvalue weighted by Gasteiger charge is -1.99. The van der Waals surface area contributed by atoms with Crippen LogP contribution < -0.4 is 0 Å². The summed E-state index contributed by atoms with van der Waals surface area (Å²) in [5.74, 6) is 0. The average Bonchev–Trinajstić information content (AvgIpc) is 2.30. The van der Waals surface area contributed by atoms with Gasteiger partial charge in [0.1, 0.15) is 0 Å². The van der Waals surface area contributed by atoms with Gasteiger partial charge in [-0.05, 0) is 24.6 Å². The Balaban J connectivity index is 2.29. The summed E-state index contributed by atoms with van der Waals surface area (Å²) in [5.41, 5.74) is 3.29. The number of hydrogen-bond donors (Lipinski definition) is 0. The van der Waals surface area contributed by atoms with Crippen LogP contribution in [0.2, 0.25) is 0 Å². The van der Waals surface area contributed by atoms with Gasteiger partial charge in [-0.1, -0.05) is 52.3 Å². The summed E-state index contributed by atoms with van der Waals surface area (Å²) in [6.07, 6.45) is 1.88. The molecule has 2 rings (SSSR count). The number of aliphatic imine (C=N–C) groups is 1. The number of aryl methyl sites for hydroxylation is 1. The van der Waals surface area contributed by atoms with E-state index in [2.05, 4.69) is 33.9 Å². The van der Waals surface area contributed by atoms with Crippen LogP contribution in [0.3, 0.4) is 0 Å². The van der Waals surface area contributed by atoms with Crippen LogP contribution in [0.1, 0.15) is 11.1 Å². The summed E-state index contributed by atoms with van der Waals surface area (Å²) in [4.78, 5) is 4.48. The Morgan fingerprint density at radius 1 is 1.00 bits per heavy atom. The second kappa shape index (κ2) is 5.08. The first-order valence-electron chi connectivity index (χ1n) is 5.11. The SMILES string of the molecule is Cc1ccccc1N=Cc1ccccc1Br. The molecule has 0 heterocycles. The number of hydrogen-bond acceptors (Lipinski definition) is 1. The van der Waals surface area contributed by atoms with E-state index in [-0.39, 0.29) is 0 Å². The van der Waals surface area contributed by atoms with E-state index in [1.54, 1.807) is 0 Å². The molecule has 16 heavy (non-hydrogen) atoms. The van der Waals surface area contributed by atoms with E-state index in [1.807, 2.05) is 48.7 Å². The molecule has 0 N–H and O–H groups in total. The highest BCUT2D eigenvalue weighted by atomic mass is 79.9. The molecule has 0 amide bonds. The fraction of sp³-hybridized carbons (Fsp3) is 0.0714. The molecule has 80 valence electrons. The summed E-state index contributed by atoms with van der Waals surface area (Å²) >= 11 is 3.50. The van der Waals surface area contributed by atoms with Gasteiger partial charge in [-0.25, -0.2) is 0 Å². The molecule has 0 aliphatic heterocycles. The number of benzene rings is 2. The minimum absolute atomic E-state index is 1.01. The van der Waals surface area contributed by atoms with Gasteiger partial charge >= 0.3 is 0 Å². The van der Waals surface area contributed by atoms with Gasteiger partial charge in [0.15, 0.2) is 0 Å². The highest BCUT2D eigenvalue weighted by molar-refractivity contribution is 9.10. The second-order valence-corrected chi connectivity index (χ2v) is 4.42. The van der Waals surface area contributed by atoms with Gasteiger partial charge in [-0.2, -0.15) is 0 Å². The van der Waals surface area contributed by atoms with Crippen LogP contribution in [-0.4, -0.2) is 6.21 Å². The van der Waals surface area contributed by atoms with Gasteiger partial charge < -0.3 is 0 Å². The smallest absolute Gasteiger partial charge is 0.0659 e. The first kappa shape index (κ1) is 11.1. The molecule has 2 aromatic carbocycles.